The van der Waals surface area contributed by atoms with Gasteiger partial charge in [-0.3, -0.25) is 4.79 Å². The molecule has 1 rings (SSSR count). The van der Waals surface area contributed by atoms with Crippen molar-refractivity contribution in [2.24, 2.45) is 11.3 Å². The van der Waals surface area contributed by atoms with Gasteiger partial charge in [0.15, 0.2) is 0 Å². The molecule has 1 amide bonds. The first-order valence-electron chi connectivity index (χ1n) is 5.82. The smallest absolute Gasteiger partial charge is 0.239 e. The van der Waals surface area contributed by atoms with Gasteiger partial charge in [-0.15, -0.1) is 0 Å². The maximum absolute atomic E-state index is 11.9. The van der Waals surface area contributed by atoms with E-state index in [1.165, 1.54) is 0 Å². The van der Waals surface area contributed by atoms with Crippen molar-refractivity contribution in [3.63, 3.8) is 0 Å². The molecule has 1 saturated heterocycles. The molecule has 0 radical (unpaired) electrons. The monoisotopic (exact) mass is 212 g/mol. The van der Waals surface area contributed by atoms with E-state index in [9.17, 15) is 4.79 Å². The molecule has 1 N–H and O–H groups in total. The Morgan fingerprint density at radius 3 is 2.53 bits per heavy atom. The average Bonchev–Trinajstić information content (AvgIpc) is 2.46. The van der Waals surface area contributed by atoms with Crippen molar-refractivity contribution in [1.82, 2.24) is 10.2 Å². The van der Waals surface area contributed by atoms with Crippen molar-refractivity contribution in [2.45, 2.75) is 40.2 Å². The van der Waals surface area contributed by atoms with Crippen molar-refractivity contribution in [1.29, 1.82) is 0 Å². The summed E-state index contributed by atoms with van der Waals surface area (Å²) in [5.41, 5.74) is 0.276. The van der Waals surface area contributed by atoms with Gasteiger partial charge in [-0.05, 0) is 24.8 Å². The fourth-order valence-electron chi connectivity index (χ4n) is 1.79. The summed E-state index contributed by atoms with van der Waals surface area (Å²) in [5, 5.41) is 3.06. The number of carbonyl (C=O) groups is 1. The van der Waals surface area contributed by atoms with E-state index in [-0.39, 0.29) is 17.4 Å². The summed E-state index contributed by atoms with van der Waals surface area (Å²) in [6.45, 7) is 10.7. The summed E-state index contributed by atoms with van der Waals surface area (Å²) in [6.07, 6.45) is 0.951. The number of likely N-dealkylation sites (N-methyl/N-ethyl adjacent to an activating group) is 1. The zero-order valence-corrected chi connectivity index (χ0v) is 10.6. The Bertz CT molecular complexity index is 232. The molecule has 15 heavy (non-hydrogen) atoms. The number of nitrogens with one attached hydrogen (secondary N) is 1. The number of likely N-dealkylation sites (tertiary alicyclic amines) is 1. The van der Waals surface area contributed by atoms with E-state index in [1.54, 1.807) is 0 Å². The lowest BCUT2D eigenvalue weighted by molar-refractivity contribution is -0.130. The predicted molar refractivity (Wildman–Crippen MR) is 62.7 cm³/mol. The van der Waals surface area contributed by atoms with Gasteiger partial charge in [-0.25, -0.2) is 0 Å². The minimum atomic E-state index is 0.0529. The standard InChI is InChI=1S/C12H24N2O/c1-9(12(2,3)4)8-14-7-6-10(13-5)11(14)15/h9-10,13H,6-8H2,1-5H3. The van der Waals surface area contributed by atoms with E-state index in [0.29, 0.717) is 5.92 Å². The van der Waals surface area contributed by atoms with Crippen LogP contribution in [0.25, 0.3) is 0 Å². The minimum Gasteiger partial charge on any atom is -0.341 e. The molecule has 1 aliphatic rings. The molecular formula is C12H24N2O. The van der Waals surface area contributed by atoms with Crippen LogP contribution in [0.5, 0.6) is 0 Å². The Labute approximate surface area is 93.2 Å². The van der Waals surface area contributed by atoms with Crippen molar-refractivity contribution >= 4 is 5.91 Å². The van der Waals surface area contributed by atoms with Gasteiger partial charge in [0.1, 0.15) is 0 Å². The highest BCUT2D eigenvalue weighted by Gasteiger charge is 2.32. The molecule has 0 aromatic carbocycles. The number of hydrogen-bond acceptors (Lipinski definition) is 2. The molecule has 0 saturated carbocycles. The van der Waals surface area contributed by atoms with Gasteiger partial charge >= 0.3 is 0 Å². The number of nitrogens with zero attached hydrogens (tertiary/aromatic N) is 1. The topological polar surface area (TPSA) is 32.3 Å². The van der Waals surface area contributed by atoms with Gasteiger partial charge in [0.2, 0.25) is 5.91 Å². The second-order valence-electron chi connectivity index (χ2n) is 5.68. The third kappa shape index (κ3) is 2.94. The number of carbonyl (C=O) groups excluding carboxylic acids is 1. The largest absolute Gasteiger partial charge is 0.341 e. The van der Waals surface area contributed by atoms with Crippen LogP contribution in [-0.2, 0) is 4.79 Å². The second kappa shape index (κ2) is 4.52. The van der Waals surface area contributed by atoms with E-state index < -0.39 is 0 Å². The summed E-state index contributed by atoms with van der Waals surface area (Å²) >= 11 is 0. The van der Waals surface area contributed by atoms with Crippen molar-refractivity contribution in [2.75, 3.05) is 20.1 Å². The van der Waals surface area contributed by atoms with Gasteiger partial charge in [0.25, 0.3) is 0 Å². The van der Waals surface area contributed by atoms with E-state index in [4.69, 9.17) is 0 Å². The summed E-state index contributed by atoms with van der Waals surface area (Å²) in [4.78, 5) is 13.9. The van der Waals surface area contributed by atoms with Crippen molar-refractivity contribution < 1.29 is 4.79 Å². The molecule has 2 unspecified atom stereocenters. The maximum Gasteiger partial charge on any atom is 0.239 e. The lowest BCUT2D eigenvalue weighted by Gasteiger charge is -2.31. The normalized spacial score (nSPS) is 24.7. The van der Waals surface area contributed by atoms with Crippen molar-refractivity contribution in [3.8, 4) is 0 Å². The highest BCUT2D eigenvalue weighted by molar-refractivity contribution is 5.83. The Balaban J connectivity index is 2.51. The Hall–Kier alpha value is -0.570. The van der Waals surface area contributed by atoms with Crippen molar-refractivity contribution in [3.05, 3.63) is 0 Å². The van der Waals surface area contributed by atoms with Gasteiger partial charge in [-0.1, -0.05) is 27.7 Å². The molecule has 0 aliphatic carbocycles. The van der Waals surface area contributed by atoms with Crippen LogP contribution in [0.1, 0.15) is 34.1 Å². The molecule has 0 aromatic heterocycles. The predicted octanol–water partition coefficient (Wildman–Crippen LogP) is 1.49. The van der Waals surface area contributed by atoms with Gasteiger partial charge < -0.3 is 10.2 Å². The van der Waals surface area contributed by atoms with Gasteiger partial charge in [-0.2, -0.15) is 0 Å². The first kappa shape index (κ1) is 12.5. The Morgan fingerprint density at radius 2 is 2.13 bits per heavy atom. The lowest BCUT2D eigenvalue weighted by atomic mass is 9.82. The van der Waals surface area contributed by atoms with Crippen LogP contribution >= 0.6 is 0 Å². The molecular weight excluding hydrogens is 188 g/mol. The zero-order valence-electron chi connectivity index (χ0n) is 10.6. The van der Waals surface area contributed by atoms with Crippen LogP contribution in [0.15, 0.2) is 0 Å². The first-order chi connectivity index (χ1) is 6.86. The summed E-state index contributed by atoms with van der Waals surface area (Å²) < 4.78 is 0. The van der Waals surface area contributed by atoms with Crippen LogP contribution in [0.2, 0.25) is 0 Å². The fraction of sp³-hybridized carbons (Fsp3) is 0.917. The fourth-order valence-corrected chi connectivity index (χ4v) is 1.79. The summed E-state index contributed by atoms with van der Waals surface area (Å²) in [7, 11) is 1.86. The third-order valence-electron chi connectivity index (χ3n) is 3.62. The van der Waals surface area contributed by atoms with Gasteiger partial charge in [0, 0.05) is 13.1 Å². The molecule has 3 heteroatoms. The Kier molecular flexibility index (Phi) is 3.77. The SMILES string of the molecule is CNC1CCN(CC(C)C(C)(C)C)C1=O. The molecule has 88 valence electrons. The summed E-state index contributed by atoms with van der Waals surface area (Å²) in [6, 6.07) is 0.0529. The molecule has 3 nitrogen and oxygen atoms in total. The van der Waals surface area contributed by atoms with Gasteiger partial charge in [0.05, 0.1) is 6.04 Å². The second-order valence-corrected chi connectivity index (χ2v) is 5.68. The zero-order chi connectivity index (χ0) is 11.6. The van der Waals surface area contributed by atoms with Crippen LogP contribution in [-0.4, -0.2) is 37.0 Å². The summed E-state index contributed by atoms with van der Waals surface area (Å²) in [5.74, 6) is 0.811. The van der Waals surface area contributed by atoms with E-state index in [1.807, 2.05) is 11.9 Å². The number of hydrogen-bond donors (Lipinski definition) is 1. The van der Waals surface area contributed by atoms with E-state index in [0.717, 1.165) is 19.5 Å². The molecule has 1 heterocycles. The Morgan fingerprint density at radius 1 is 1.53 bits per heavy atom. The quantitative estimate of drug-likeness (QED) is 0.768. The lowest BCUT2D eigenvalue weighted by Crippen LogP contribution is -2.40. The van der Waals surface area contributed by atoms with Crippen LogP contribution in [0, 0.1) is 11.3 Å². The average molecular weight is 212 g/mol. The molecule has 0 bridgehead atoms. The highest BCUT2D eigenvalue weighted by atomic mass is 16.2. The molecule has 0 spiro atoms. The minimum absolute atomic E-state index is 0.0529. The van der Waals surface area contributed by atoms with Crippen LogP contribution < -0.4 is 5.32 Å². The van der Waals surface area contributed by atoms with Crippen LogP contribution in [0.3, 0.4) is 0 Å². The molecule has 0 aromatic rings. The molecule has 2 atom stereocenters. The molecule has 1 aliphatic heterocycles. The highest BCUT2D eigenvalue weighted by Crippen LogP contribution is 2.27. The number of rotatable bonds is 3. The van der Waals surface area contributed by atoms with E-state index in [2.05, 4.69) is 33.0 Å². The molecule has 1 fully saturated rings. The van der Waals surface area contributed by atoms with Crippen LogP contribution in [0.4, 0.5) is 0 Å². The third-order valence-corrected chi connectivity index (χ3v) is 3.62. The first-order valence-corrected chi connectivity index (χ1v) is 5.82. The maximum atomic E-state index is 11.9. The van der Waals surface area contributed by atoms with E-state index >= 15 is 0 Å². The number of amides is 1.